The van der Waals surface area contributed by atoms with Crippen molar-refractivity contribution in [3.05, 3.63) is 22.8 Å². The fourth-order valence-corrected chi connectivity index (χ4v) is 4.16. The first-order valence-electron chi connectivity index (χ1n) is 9.13. The Morgan fingerprint density at radius 2 is 1.93 bits per heavy atom. The minimum Gasteiger partial charge on any atom is -0.369 e. The first-order chi connectivity index (χ1) is 12.6. The number of nitrogens with two attached hydrogens (primary N) is 1. The fourth-order valence-electron chi connectivity index (χ4n) is 4.16. The molecule has 1 aromatic rings. The number of hydrogen-bond acceptors (Lipinski definition) is 4. The third kappa shape index (κ3) is 3.91. The highest BCUT2D eigenvalue weighted by atomic mass is 19.4. The Hall–Kier alpha value is -2.19. The van der Waals surface area contributed by atoms with E-state index in [1.165, 1.54) is 6.92 Å². The van der Waals surface area contributed by atoms with Gasteiger partial charge in [0.25, 0.3) is 0 Å². The van der Waals surface area contributed by atoms with Gasteiger partial charge in [0.2, 0.25) is 11.8 Å². The molecular weight excluding hydrogens is 361 g/mol. The van der Waals surface area contributed by atoms with E-state index in [9.17, 15) is 22.8 Å². The lowest BCUT2D eigenvalue weighted by Crippen LogP contribution is -2.46. The first kappa shape index (κ1) is 19.6. The van der Waals surface area contributed by atoms with Gasteiger partial charge in [-0.3, -0.25) is 9.59 Å². The van der Waals surface area contributed by atoms with Crippen LogP contribution in [0.2, 0.25) is 0 Å². The monoisotopic (exact) mass is 384 g/mol. The van der Waals surface area contributed by atoms with Crippen molar-refractivity contribution in [2.45, 2.75) is 58.0 Å². The standard InChI is InChI=1S/C18H23F3N4O2/c1-10-24-13-5-4-11(8-12(13)14(25-10)18(19,20)21)15(26)23-9-17(16(22)27)6-2-3-7-17/h11H,2-9H2,1H3,(H2,22,27)(H,23,26)/t11-/m0/s1. The van der Waals surface area contributed by atoms with Gasteiger partial charge in [0.05, 0.1) is 5.41 Å². The van der Waals surface area contributed by atoms with Crippen molar-refractivity contribution in [1.82, 2.24) is 15.3 Å². The zero-order valence-electron chi connectivity index (χ0n) is 15.2. The van der Waals surface area contributed by atoms with Gasteiger partial charge in [0, 0.05) is 23.7 Å². The van der Waals surface area contributed by atoms with Crippen molar-refractivity contribution >= 4 is 11.8 Å². The van der Waals surface area contributed by atoms with E-state index in [0.29, 0.717) is 31.4 Å². The highest BCUT2D eigenvalue weighted by Gasteiger charge is 2.42. The number of rotatable bonds is 4. The molecule has 0 bridgehead atoms. The number of primary amides is 1. The van der Waals surface area contributed by atoms with E-state index in [2.05, 4.69) is 15.3 Å². The van der Waals surface area contributed by atoms with Crippen molar-refractivity contribution in [2.75, 3.05) is 6.54 Å². The molecule has 3 rings (SSSR count). The molecule has 148 valence electrons. The van der Waals surface area contributed by atoms with E-state index in [1.807, 2.05) is 0 Å². The summed E-state index contributed by atoms with van der Waals surface area (Å²) in [5.41, 5.74) is 4.19. The van der Waals surface area contributed by atoms with Gasteiger partial charge >= 0.3 is 6.18 Å². The molecule has 27 heavy (non-hydrogen) atoms. The molecule has 6 nitrogen and oxygen atoms in total. The predicted molar refractivity (Wildman–Crippen MR) is 90.4 cm³/mol. The third-order valence-electron chi connectivity index (χ3n) is 5.71. The van der Waals surface area contributed by atoms with E-state index in [-0.39, 0.29) is 30.3 Å². The summed E-state index contributed by atoms with van der Waals surface area (Å²) in [7, 11) is 0. The summed E-state index contributed by atoms with van der Waals surface area (Å²) in [5, 5.41) is 2.76. The number of alkyl halides is 3. The number of halogens is 3. The number of nitrogens with one attached hydrogen (secondary N) is 1. The Balaban J connectivity index is 1.74. The topological polar surface area (TPSA) is 98.0 Å². The molecule has 0 aromatic carbocycles. The van der Waals surface area contributed by atoms with Crippen molar-refractivity contribution in [2.24, 2.45) is 17.1 Å². The van der Waals surface area contributed by atoms with Crippen LogP contribution in [-0.2, 0) is 28.6 Å². The summed E-state index contributed by atoms with van der Waals surface area (Å²) in [4.78, 5) is 32.1. The van der Waals surface area contributed by atoms with Crippen molar-refractivity contribution < 1.29 is 22.8 Å². The molecule has 3 N–H and O–H groups in total. The Kier molecular flexibility index (Phi) is 5.14. The van der Waals surface area contributed by atoms with Crippen LogP contribution in [0.3, 0.4) is 0 Å². The molecule has 1 fully saturated rings. The second kappa shape index (κ2) is 7.09. The van der Waals surface area contributed by atoms with Crippen LogP contribution in [0, 0.1) is 18.3 Å². The molecule has 1 saturated carbocycles. The second-order valence-electron chi connectivity index (χ2n) is 7.55. The number of carbonyl (C=O) groups is 2. The molecule has 0 radical (unpaired) electrons. The van der Waals surface area contributed by atoms with Gasteiger partial charge in [-0.1, -0.05) is 12.8 Å². The summed E-state index contributed by atoms with van der Waals surface area (Å²) in [6.07, 6.45) is -0.932. The maximum absolute atomic E-state index is 13.3. The van der Waals surface area contributed by atoms with Crippen LogP contribution in [0.15, 0.2) is 0 Å². The van der Waals surface area contributed by atoms with Crippen LogP contribution >= 0.6 is 0 Å². The molecule has 0 unspecified atom stereocenters. The Morgan fingerprint density at radius 1 is 1.26 bits per heavy atom. The number of fused-ring (bicyclic) bond motifs is 1. The molecule has 9 heteroatoms. The Morgan fingerprint density at radius 3 is 2.52 bits per heavy atom. The van der Waals surface area contributed by atoms with Gasteiger partial charge in [-0.15, -0.1) is 0 Å². The van der Waals surface area contributed by atoms with E-state index < -0.39 is 29.1 Å². The molecule has 0 spiro atoms. The van der Waals surface area contributed by atoms with Crippen LogP contribution < -0.4 is 11.1 Å². The predicted octanol–water partition coefficient (Wildman–Crippen LogP) is 2.07. The van der Waals surface area contributed by atoms with Gasteiger partial charge in [0.15, 0.2) is 5.69 Å². The summed E-state index contributed by atoms with van der Waals surface area (Å²) in [6.45, 7) is 1.57. The molecule has 2 amide bonds. The Bertz CT molecular complexity index is 758. The van der Waals surface area contributed by atoms with E-state index in [0.717, 1.165) is 12.8 Å². The molecular formula is C18H23F3N4O2. The summed E-state index contributed by atoms with van der Waals surface area (Å²) in [6, 6.07) is 0. The van der Waals surface area contributed by atoms with Crippen molar-refractivity contribution in [1.29, 1.82) is 0 Å². The second-order valence-corrected chi connectivity index (χ2v) is 7.55. The van der Waals surface area contributed by atoms with Gasteiger partial charge in [-0.05, 0) is 39.0 Å². The van der Waals surface area contributed by atoms with Gasteiger partial charge < -0.3 is 11.1 Å². The molecule has 1 aromatic heterocycles. The van der Waals surface area contributed by atoms with Crippen LogP contribution in [0.25, 0.3) is 0 Å². The maximum Gasteiger partial charge on any atom is 0.433 e. The average Bonchev–Trinajstić information content (AvgIpc) is 3.08. The number of hydrogen-bond donors (Lipinski definition) is 2. The first-order valence-corrected chi connectivity index (χ1v) is 9.13. The van der Waals surface area contributed by atoms with E-state index in [4.69, 9.17) is 5.73 Å². The summed E-state index contributed by atoms with van der Waals surface area (Å²) >= 11 is 0. The van der Waals surface area contributed by atoms with Crippen LogP contribution in [0.5, 0.6) is 0 Å². The van der Waals surface area contributed by atoms with Gasteiger partial charge in [-0.2, -0.15) is 13.2 Å². The molecule has 0 aliphatic heterocycles. The highest BCUT2D eigenvalue weighted by molar-refractivity contribution is 5.84. The molecule has 0 saturated heterocycles. The zero-order valence-corrected chi connectivity index (χ0v) is 15.2. The Labute approximate surface area is 155 Å². The largest absolute Gasteiger partial charge is 0.433 e. The summed E-state index contributed by atoms with van der Waals surface area (Å²) < 4.78 is 40.0. The number of aryl methyl sites for hydroxylation is 2. The van der Waals surface area contributed by atoms with E-state index >= 15 is 0 Å². The third-order valence-corrected chi connectivity index (χ3v) is 5.71. The molecule has 1 atom stereocenters. The number of amides is 2. The minimum absolute atomic E-state index is 0.00461. The lowest BCUT2D eigenvalue weighted by atomic mass is 9.83. The van der Waals surface area contributed by atoms with Gasteiger partial charge in [0.1, 0.15) is 5.82 Å². The molecule has 1 heterocycles. The van der Waals surface area contributed by atoms with Crippen LogP contribution in [-0.4, -0.2) is 28.3 Å². The van der Waals surface area contributed by atoms with Crippen LogP contribution in [0.1, 0.15) is 54.9 Å². The highest BCUT2D eigenvalue weighted by Crippen LogP contribution is 2.38. The average molecular weight is 384 g/mol. The van der Waals surface area contributed by atoms with Crippen LogP contribution in [0.4, 0.5) is 13.2 Å². The van der Waals surface area contributed by atoms with E-state index in [1.54, 1.807) is 0 Å². The van der Waals surface area contributed by atoms with Gasteiger partial charge in [-0.25, -0.2) is 9.97 Å². The quantitative estimate of drug-likeness (QED) is 0.830. The van der Waals surface area contributed by atoms with Crippen molar-refractivity contribution in [3.8, 4) is 0 Å². The fraction of sp³-hybridized carbons (Fsp3) is 0.667. The lowest BCUT2D eigenvalue weighted by molar-refractivity contribution is -0.142. The lowest BCUT2D eigenvalue weighted by Gasteiger charge is -2.29. The normalized spacial score (nSPS) is 21.6. The smallest absolute Gasteiger partial charge is 0.369 e. The number of nitrogens with zero attached hydrogens (tertiary/aromatic N) is 2. The summed E-state index contributed by atoms with van der Waals surface area (Å²) in [5.74, 6) is -1.30. The number of carbonyl (C=O) groups excluding carboxylic acids is 2. The van der Waals surface area contributed by atoms with Crippen molar-refractivity contribution in [3.63, 3.8) is 0 Å². The zero-order chi connectivity index (χ0) is 19.8. The molecule has 2 aliphatic rings. The number of aromatic nitrogens is 2. The molecule has 2 aliphatic carbocycles. The SMILES string of the molecule is Cc1nc2c(c(C(F)(F)F)n1)C[C@@H](C(=O)NCC1(C(N)=O)CCCC1)CC2. The maximum atomic E-state index is 13.3. The minimum atomic E-state index is -4.59.